The van der Waals surface area contributed by atoms with Crippen LogP contribution in [0.15, 0.2) is 12.7 Å². The predicted molar refractivity (Wildman–Crippen MR) is 65.8 cm³/mol. The molecule has 1 aliphatic heterocycles. The minimum Gasteiger partial charge on any atom is -0.415 e. The zero-order chi connectivity index (χ0) is 21.9. The van der Waals surface area contributed by atoms with Gasteiger partial charge in [-0.15, -0.1) is 0 Å². The summed E-state index contributed by atoms with van der Waals surface area (Å²) in [5, 5.41) is 9.55. The number of hydrogen-bond donors (Lipinski definition) is 1. The first kappa shape index (κ1) is 23.5. The normalized spacial score (nSPS) is 36.2. The van der Waals surface area contributed by atoms with Gasteiger partial charge in [0.1, 0.15) is 0 Å². The van der Waals surface area contributed by atoms with Gasteiger partial charge in [-0.1, -0.05) is 13.5 Å². The zero-order valence-electron chi connectivity index (χ0n) is 13.4. The Kier molecular flexibility index (Phi) is 5.18. The number of hydrogen-bond acceptors (Lipinski definition) is 4. The molecular formula is C13H12F10O4. The molecule has 1 N–H and O–H groups in total. The summed E-state index contributed by atoms with van der Waals surface area (Å²) in [5.41, 5.74) is -10.6. The first-order valence-electron chi connectivity index (χ1n) is 6.89. The number of carbonyl (C=O) groups is 1. The highest BCUT2D eigenvalue weighted by Crippen LogP contribution is 2.66. The lowest BCUT2D eigenvalue weighted by atomic mass is 9.71. The van der Waals surface area contributed by atoms with Gasteiger partial charge in [0.25, 0.3) is 0 Å². The Labute approximate surface area is 144 Å². The van der Waals surface area contributed by atoms with Crippen molar-refractivity contribution in [2.45, 2.75) is 61.5 Å². The van der Waals surface area contributed by atoms with Gasteiger partial charge in [0.05, 0.1) is 0 Å². The van der Waals surface area contributed by atoms with Crippen molar-refractivity contribution in [3.8, 4) is 0 Å². The third-order valence-corrected chi connectivity index (χ3v) is 4.20. The van der Waals surface area contributed by atoms with Gasteiger partial charge < -0.3 is 14.6 Å². The maximum atomic E-state index is 14.4. The molecule has 1 heterocycles. The van der Waals surface area contributed by atoms with Crippen molar-refractivity contribution in [2.75, 3.05) is 0 Å². The smallest absolute Gasteiger partial charge is 0.415 e. The van der Waals surface area contributed by atoms with Crippen LogP contribution in [0.25, 0.3) is 0 Å². The van der Waals surface area contributed by atoms with Crippen molar-refractivity contribution in [2.24, 2.45) is 0 Å². The van der Waals surface area contributed by atoms with Gasteiger partial charge in [-0.05, 0) is 13.3 Å². The van der Waals surface area contributed by atoms with Crippen LogP contribution in [0.3, 0.4) is 0 Å². The van der Waals surface area contributed by atoms with Crippen LogP contribution >= 0.6 is 0 Å². The molecule has 0 aromatic heterocycles. The number of aliphatic hydroxyl groups is 1. The van der Waals surface area contributed by atoms with Gasteiger partial charge in [0.2, 0.25) is 5.60 Å². The summed E-state index contributed by atoms with van der Waals surface area (Å²) in [6.45, 7) is 2.20. The van der Waals surface area contributed by atoms with Gasteiger partial charge in [0, 0.05) is 6.08 Å². The van der Waals surface area contributed by atoms with E-state index in [0.717, 1.165) is 0 Å². The second-order valence-electron chi connectivity index (χ2n) is 5.74. The Morgan fingerprint density at radius 1 is 1.07 bits per heavy atom. The average Bonchev–Trinajstić information content (AvgIpc) is 2.46. The predicted octanol–water partition coefficient (Wildman–Crippen LogP) is 3.74. The lowest BCUT2D eigenvalue weighted by molar-refractivity contribution is -0.554. The molecule has 3 atom stereocenters. The number of ether oxygens (including phenoxy) is 2. The average molecular weight is 422 g/mol. The van der Waals surface area contributed by atoms with Gasteiger partial charge in [0.15, 0.2) is 5.60 Å². The monoisotopic (exact) mass is 422 g/mol. The highest BCUT2D eigenvalue weighted by Gasteiger charge is 2.95. The van der Waals surface area contributed by atoms with Crippen LogP contribution in [-0.2, 0) is 14.3 Å². The Balaban J connectivity index is 4.05. The highest BCUT2D eigenvalue weighted by atomic mass is 19.4. The van der Waals surface area contributed by atoms with Crippen molar-refractivity contribution in [1.82, 2.24) is 0 Å². The molecule has 1 saturated heterocycles. The molecule has 1 rings (SSSR count). The number of alkyl halides is 10. The van der Waals surface area contributed by atoms with Gasteiger partial charge in [-0.25, -0.2) is 4.79 Å². The minimum absolute atomic E-state index is 0.143. The molecule has 0 aromatic rings. The highest BCUT2D eigenvalue weighted by molar-refractivity contribution is 5.81. The third kappa shape index (κ3) is 2.62. The summed E-state index contributed by atoms with van der Waals surface area (Å²) in [7, 11) is 0. The Morgan fingerprint density at radius 3 is 1.81 bits per heavy atom. The summed E-state index contributed by atoms with van der Waals surface area (Å²) in [5.74, 6) is -20.5. The standard InChI is InChI=1S/C13H12F10O4/c1-4-6(24)26-11(13(21,22)23)10(16,17)7(3,25)9(14,15)8(5-2,27-11)12(18,19)20/h4,25H,1,5H2,2-3H3. The van der Waals surface area contributed by atoms with Crippen LogP contribution in [0.5, 0.6) is 0 Å². The van der Waals surface area contributed by atoms with E-state index in [1.807, 2.05) is 0 Å². The number of halogens is 10. The SMILES string of the molecule is C=CC(=O)OC1(C(F)(F)F)OC(CC)(C(F)(F)F)C(F)(F)C(C)(O)C1(F)F. The van der Waals surface area contributed by atoms with E-state index < -0.39 is 60.5 Å². The van der Waals surface area contributed by atoms with Crippen molar-refractivity contribution >= 4 is 5.97 Å². The number of carbonyl (C=O) groups excluding carboxylic acids is 1. The fourth-order valence-corrected chi connectivity index (χ4v) is 2.58. The van der Waals surface area contributed by atoms with E-state index in [-0.39, 0.29) is 13.0 Å². The van der Waals surface area contributed by atoms with Gasteiger partial charge in [-0.2, -0.15) is 43.9 Å². The fourth-order valence-electron chi connectivity index (χ4n) is 2.58. The Morgan fingerprint density at radius 2 is 1.52 bits per heavy atom. The molecule has 1 fully saturated rings. The summed E-state index contributed by atoms with van der Waals surface area (Å²) in [6, 6.07) is 0. The minimum atomic E-state index is -6.68. The molecule has 14 heteroatoms. The summed E-state index contributed by atoms with van der Waals surface area (Å²) < 4.78 is 144. The van der Waals surface area contributed by atoms with Crippen molar-refractivity contribution < 1.29 is 63.3 Å². The van der Waals surface area contributed by atoms with E-state index in [9.17, 15) is 53.8 Å². The topological polar surface area (TPSA) is 55.8 Å². The Hall–Kier alpha value is -1.57. The molecule has 0 aromatic carbocycles. The largest absolute Gasteiger partial charge is 0.462 e. The molecule has 27 heavy (non-hydrogen) atoms. The summed E-state index contributed by atoms with van der Waals surface area (Å²) in [4.78, 5) is 11.1. The fraction of sp³-hybridized carbons (Fsp3) is 0.769. The molecule has 4 nitrogen and oxygen atoms in total. The van der Waals surface area contributed by atoms with Crippen LogP contribution in [0.1, 0.15) is 20.3 Å². The second-order valence-corrected chi connectivity index (χ2v) is 5.74. The molecular weight excluding hydrogens is 410 g/mol. The first-order valence-corrected chi connectivity index (χ1v) is 6.89. The van der Waals surface area contributed by atoms with Crippen LogP contribution in [0, 0.1) is 0 Å². The quantitative estimate of drug-likeness (QED) is 0.428. The lowest BCUT2D eigenvalue weighted by Gasteiger charge is -2.59. The van der Waals surface area contributed by atoms with E-state index >= 15 is 0 Å². The van der Waals surface area contributed by atoms with Crippen molar-refractivity contribution in [1.29, 1.82) is 0 Å². The summed E-state index contributed by atoms with van der Waals surface area (Å²) >= 11 is 0. The van der Waals surface area contributed by atoms with E-state index in [2.05, 4.69) is 16.1 Å². The van der Waals surface area contributed by atoms with E-state index in [1.54, 1.807) is 0 Å². The molecule has 0 bridgehead atoms. The van der Waals surface area contributed by atoms with E-state index in [4.69, 9.17) is 0 Å². The van der Waals surface area contributed by atoms with E-state index in [0.29, 0.717) is 0 Å². The molecule has 0 radical (unpaired) electrons. The van der Waals surface area contributed by atoms with Crippen molar-refractivity contribution in [3.63, 3.8) is 0 Å². The van der Waals surface area contributed by atoms with Gasteiger partial charge in [-0.3, -0.25) is 0 Å². The maximum Gasteiger partial charge on any atom is 0.462 e. The molecule has 158 valence electrons. The molecule has 0 aliphatic carbocycles. The number of rotatable bonds is 3. The number of esters is 1. The van der Waals surface area contributed by atoms with Crippen LogP contribution in [0.2, 0.25) is 0 Å². The van der Waals surface area contributed by atoms with Crippen molar-refractivity contribution in [3.05, 3.63) is 12.7 Å². The maximum absolute atomic E-state index is 14.4. The van der Waals surface area contributed by atoms with Crippen LogP contribution in [0.4, 0.5) is 43.9 Å². The van der Waals surface area contributed by atoms with Gasteiger partial charge >= 0.3 is 36.0 Å². The molecule has 1 aliphatic rings. The zero-order valence-corrected chi connectivity index (χ0v) is 13.4. The third-order valence-electron chi connectivity index (χ3n) is 4.20. The lowest BCUT2D eigenvalue weighted by Crippen LogP contribution is -2.87. The first-order chi connectivity index (χ1) is 11.7. The summed E-state index contributed by atoms with van der Waals surface area (Å²) in [6.07, 6.45) is -15.3. The molecule has 0 amide bonds. The second kappa shape index (κ2) is 5.96. The van der Waals surface area contributed by atoms with Crippen LogP contribution < -0.4 is 0 Å². The molecule has 0 spiro atoms. The van der Waals surface area contributed by atoms with Crippen LogP contribution in [-0.4, -0.2) is 52.3 Å². The Bertz CT molecular complexity index is 624. The molecule has 0 saturated carbocycles. The van der Waals surface area contributed by atoms with E-state index in [1.165, 1.54) is 0 Å². The molecule has 3 unspecified atom stereocenters.